The first-order valence-electron chi connectivity index (χ1n) is 8.78. The SMILES string of the molecule is CN(C1CCCCC1)S(=O)(=O)c1ccc(C(=O)Nc2ccncc2)cc1. The van der Waals surface area contributed by atoms with E-state index in [4.69, 9.17) is 0 Å². The Kier molecular flexibility index (Phi) is 5.68. The van der Waals surface area contributed by atoms with Crippen LogP contribution in [0.4, 0.5) is 5.69 Å². The zero-order chi connectivity index (χ0) is 18.6. The molecule has 0 unspecified atom stereocenters. The zero-order valence-corrected chi connectivity index (χ0v) is 15.6. The lowest BCUT2D eigenvalue weighted by molar-refractivity contribution is 0.102. The molecule has 0 aliphatic heterocycles. The van der Waals surface area contributed by atoms with Gasteiger partial charge < -0.3 is 5.32 Å². The molecule has 0 bridgehead atoms. The Bertz CT molecular complexity index is 845. The van der Waals surface area contributed by atoms with Crippen LogP contribution in [0.3, 0.4) is 0 Å². The van der Waals surface area contributed by atoms with Gasteiger partial charge in [0.15, 0.2) is 0 Å². The molecule has 1 aromatic heterocycles. The number of nitrogens with zero attached hydrogens (tertiary/aromatic N) is 2. The van der Waals surface area contributed by atoms with E-state index in [-0.39, 0.29) is 16.8 Å². The van der Waals surface area contributed by atoms with Crippen LogP contribution in [0, 0.1) is 0 Å². The number of pyridine rings is 1. The number of rotatable bonds is 5. The molecule has 3 rings (SSSR count). The topological polar surface area (TPSA) is 79.4 Å². The van der Waals surface area contributed by atoms with E-state index in [2.05, 4.69) is 10.3 Å². The molecule has 1 aromatic carbocycles. The van der Waals surface area contributed by atoms with Crippen molar-refractivity contribution in [3.63, 3.8) is 0 Å². The highest BCUT2D eigenvalue weighted by Gasteiger charge is 2.29. The summed E-state index contributed by atoms with van der Waals surface area (Å²) in [5, 5.41) is 2.75. The minimum absolute atomic E-state index is 0.0587. The van der Waals surface area contributed by atoms with Gasteiger partial charge in [-0.15, -0.1) is 0 Å². The Morgan fingerprint density at radius 1 is 1.04 bits per heavy atom. The maximum Gasteiger partial charge on any atom is 0.255 e. The van der Waals surface area contributed by atoms with E-state index in [1.165, 1.54) is 35.0 Å². The maximum absolute atomic E-state index is 12.8. The molecule has 1 amide bonds. The third kappa shape index (κ3) is 4.11. The van der Waals surface area contributed by atoms with E-state index >= 15 is 0 Å². The Hall–Kier alpha value is -2.25. The summed E-state index contributed by atoms with van der Waals surface area (Å²) >= 11 is 0. The van der Waals surface area contributed by atoms with Gasteiger partial charge in [0.2, 0.25) is 10.0 Å². The number of sulfonamides is 1. The van der Waals surface area contributed by atoms with Crippen molar-refractivity contribution in [3.05, 3.63) is 54.4 Å². The number of amides is 1. The molecule has 6 nitrogen and oxygen atoms in total. The van der Waals surface area contributed by atoms with Crippen molar-refractivity contribution >= 4 is 21.6 Å². The van der Waals surface area contributed by atoms with Gasteiger partial charge in [-0.1, -0.05) is 19.3 Å². The third-order valence-corrected chi connectivity index (χ3v) is 6.74. The van der Waals surface area contributed by atoms with Crippen molar-refractivity contribution in [1.29, 1.82) is 0 Å². The second-order valence-electron chi connectivity index (χ2n) is 6.53. The molecule has 2 aromatic rings. The Morgan fingerprint density at radius 2 is 1.65 bits per heavy atom. The first-order chi connectivity index (χ1) is 12.5. The van der Waals surface area contributed by atoms with Crippen LogP contribution >= 0.6 is 0 Å². The van der Waals surface area contributed by atoms with Crippen molar-refractivity contribution in [3.8, 4) is 0 Å². The number of carbonyl (C=O) groups excluding carboxylic acids is 1. The Labute approximate surface area is 154 Å². The molecule has 138 valence electrons. The van der Waals surface area contributed by atoms with Gasteiger partial charge in [0, 0.05) is 36.7 Å². The fourth-order valence-corrected chi connectivity index (χ4v) is 4.64. The van der Waals surface area contributed by atoms with Crippen LogP contribution in [-0.2, 0) is 10.0 Å². The summed E-state index contributed by atoms with van der Waals surface area (Å²) in [6, 6.07) is 9.51. The predicted octanol–water partition coefficient (Wildman–Crippen LogP) is 3.29. The van der Waals surface area contributed by atoms with Crippen molar-refractivity contribution in [2.75, 3.05) is 12.4 Å². The average Bonchev–Trinajstić information content (AvgIpc) is 2.69. The molecule has 1 N–H and O–H groups in total. The summed E-state index contributed by atoms with van der Waals surface area (Å²) in [6.07, 6.45) is 8.30. The number of hydrogen-bond donors (Lipinski definition) is 1. The molecule has 1 aliphatic carbocycles. The predicted molar refractivity (Wildman–Crippen MR) is 100 cm³/mol. The minimum atomic E-state index is -3.55. The highest BCUT2D eigenvalue weighted by molar-refractivity contribution is 7.89. The van der Waals surface area contributed by atoms with Gasteiger partial charge in [-0.25, -0.2) is 8.42 Å². The second-order valence-corrected chi connectivity index (χ2v) is 8.52. The molecule has 1 saturated carbocycles. The Morgan fingerprint density at radius 3 is 2.27 bits per heavy atom. The number of anilines is 1. The normalized spacial score (nSPS) is 15.8. The molecule has 0 spiro atoms. The molecule has 7 heteroatoms. The van der Waals surface area contributed by atoms with E-state index in [0.717, 1.165) is 25.7 Å². The quantitative estimate of drug-likeness (QED) is 0.872. The number of benzene rings is 1. The first kappa shape index (κ1) is 18.5. The first-order valence-corrected chi connectivity index (χ1v) is 10.2. The largest absolute Gasteiger partial charge is 0.322 e. The van der Waals surface area contributed by atoms with Crippen LogP contribution in [0.1, 0.15) is 42.5 Å². The van der Waals surface area contributed by atoms with Crippen molar-refractivity contribution in [1.82, 2.24) is 9.29 Å². The minimum Gasteiger partial charge on any atom is -0.322 e. The summed E-state index contributed by atoms with van der Waals surface area (Å²) in [7, 11) is -1.90. The lowest BCUT2D eigenvalue weighted by Crippen LogP contribution is -2.38. The van der Waals surface area contributed by atoms with Crippen LogP contribution in [0.5, 0.6) is 0 Å². The van der Waals surface area contributed by atoms with E-state index < -0.39 is 10.0 Å². The molecule has 0 saturated heterocycles. The van der Waals surface area contributed by atoms with E-state index in [1.807, 2.05) is 0 Å². The number of hydrogen-bond acceptors (Lipinski definition) is 4. The second kappa shape index (κ2) is 7.97. The van der Waals surface area contributed by atoms with E-state index in [9.17, 15) is 13.2 Å². The molecule has 0 radical (unpaired) electrons. The average molecular weight is 373 g/mol. The lowest BCUT2D eigenvalue weighted by atomic mass is 9.96. The molecule has 1 heterocycles. The monoisotopic (exact) mass is 373 g/mol. The van der Waals surface area contributed by atoms with Gasteiger partial charge in [0.05, 0.1) is 4.90 Å². The highest BCUT2D eigenvalue weighted by Crippen LogP contribution is 2.26. The standard InChI is InChI=1S/C19H23N3O3S/c1-22(17-5-3-2-4-6-17)26(24,25)18-9-7-15(8-10-18)19(23)21-16-11-13-20-14-12-16/h7-14,17H,2-6H2,1H3,(H,20,21,23). The van der Waals surface area contributed by atoms with Gasteiger partial charge in [-0.05, 0) is 49.2 Å². The van der Waals surface area contributed by atoms with Crippen molar-refractivity contribution in [2.24, 2.45) is 0 Å². The lowest BCUT2D eigenvalue weighted by Gasteiger charge is -2.30. The van der Waals surface area contributed by atoms with Crippen molar-refractivity contribution < 1.29 is 13.2 Å². The van der Waals surface area contributed by atoms with Gasteiger partial charge in [0.25, 0.3) is 5.91 Å². The summed E-state index contributed by atoms with van der Waals surface area (Å²) in [5.41, 5.74) is 1.04. The zero-order valence-electron chi connectivity index (χ0n) is 14.8. The molecular formula is C19H23N3O3S. The smallest absolute Gasteiger partial charge is 0.255 e. The van der Waals surface area contributed by atoms with Gasteiger partial charge >= 0.3 is 0 Å². The van der Waals surface area contributed by atoms with Crippen LogP contribution in [0.25, 0.3) is 0 Å². The van der Waals surface area contributed by atoms with E-state index in [1.54, 1.807) is 31.6 Å². The summed E-state index contributed by atoms with van der Waals surface area (Å²) < 4.78 is 27.1. The summed E-state index contributed by atoms with van der Waals surface area (Å²) in [6.45, 7) is 0. The van der Waals surface area contributed by atoms with Crippen LogP contribution in [0.2, 0.25) is 0 Å². The van der Waals surface area contributed by atoms with Gasteiger partial charge in [-0.3, -0.25) is 9.78 Å². The van der Waals surface area contributed by atoms with Gasteiger partial charge in [0.1, 0.15) is 0 Å². The number of carbonyl (C=O) groups is 1. The number of aromatic nitrogens is 1. The molecule has 1 fully saturated rings. The van der Waals surface area contributed by atoms with Crippen LogP contribution in [-0.4, -0.2) is 36.7 Å². The fraction of sp³-hybridized carbons (Fsp3) is 0.368. The molecule has 1 aliphatic rings. The highest BCUT2D eigenvalue weighted by atomic mass is 32.2. The molecule has 26 heavy (non-hydrogen) atoms. The van der Waals surface area contributed by atoms with Crippen LogP contribution in [0.15, 0.2) is 53.7 Å². The summed E-state index contributed by atoms with van der Waals surface area (Å²) in [5.74, 6) is -0.291. The molecular weight excluding hydrogens is 350 g/mol. The van der Waals surface area contributed by atoms with Gasteiger partial charge in [-0.2, -0.15) is 4.31 Å². The number of nitrogens with one attached hydrogen (secondary N) is 1. The maximum atomic E-state index is 12.8. The van der Waals surface area contributed by atoms with E-state index in [0.29, 0.717) is 11.3 Å². The van der Waals surface area contributed by atoms with Crippen LogP contribution < -0.4 is 5.32 Å². The molecule has 0 atom stereocenters. The summed E-state index contributed by atoms with van der Waals surface area (Å²) in [4.78, 5) is 16.4. The fourth-order valence-electron chi connectivity index (χ4n) is 3.22. The van der Waals surface area contributed by atoms with Crippen molar-refractivity contribution in [2.45, 2.75) is 43.0 Å². The Balaban J connectivity index is 1.72. The third-order valence-electron chi connectivity index (χ3n) is 4.82.